The Hall–Kier alpha value is -2.45. The standard InChI is InChI=1S/C11H7F4N3O2/c1-20-9-4-6(2-3-7(9)12)18-5-8(16-17-18)10(19)11(13,14)15/h2-5H,1H3. The van der Waals surface area contributed by atoms with E-state index in [1.165, 1.54) is 19.2 Å². The van der Waals surface area contributed by atoms with Gasteiger partial charge in [-0.25, -0.2) is 9.07 Å². The summed E-state index contributed by atoms with van der Waals surface area (Å²) < 4.78 is 55.5. The highest BCUT2D eigenvalue weighted by Gasteiger charge is 2.41. The number of Topliss-reactive ketones (excluding diaryl/α,β-unsaturated/α-hetero) is 1. The molecule has 0 fully saturated rings. The molecule has 2 rings (SSSR count). The number of alkyl halides is 3. The molecule has 0 radical (unpaired) electrons. The van der Waals surface area contributed by atoms with Gasteiger partial charge in [0, 0.05) is 6.07 Å². The first kappa shape index (κ1) is 14.0. The van der Waals surface area contributed by atoms with Crippen LogP contribution in [0.25, 0.3) is 5.69 Å². The minimum atomic E-state index is -5.03. The third-order valence-electron chi connectivity index (χ3n) is 2.38. The molecule has 0 atom stereocenters. The molecule has 0 aliphatic rings. The summed E-state index contributed by atoms with van der Waals surface area (Å²) >= 11 is 0. The molecule has 0 spiro atoms. The maximum Gasteiger partial charge on any atom is 0.456 e. The second-order valence-electron chi connectivity index (χ2n) is 3.69. The number of hydrogen-bond acceptors (Lipinski definition) is 4. The van der Waals surface area contributed by atoms with Crippen LogP contribution in [-0.4, -0.2) is 34.1 Å². The van der Waals surface area contributed by atoms with Crippen LogP contribution in [0.2, 0.25) is 0 Å². The predicted molar refractivity (Wildman–Crippen MR) is 58.3 cm³/mol. The molecule has 0 amide bonds. The summed E-state index contributed by atoms with van der Waals surface area (Å²) in [5, 5.41) is 6.54. The Kier molecular flexibility index (Phi) is 3.43. The van der Waals surface area contributed by atoms with Gasteiger partial charge in [-0.1, -0.05) is 5.21 Å². The van der Waals surface area contributed by atoms with E-state index >= 15 is 0 Å². The Morgan fingerprint density at radius 2 is 2.05 bits per heavy atom. The third kappa shape index (κ3) is 2.60. The van der Waals surface area contributed by atoms with Crippen LogP contribution in [0.1, 0.15) is 10.5 Å². The fourth-order valence-corrected chi connectivity index (χ4v) is 1.43. The summed E-state index contributed by atoms with van der Waals surface area (Å²) in [6.45, 7) is 0. The van der Waals surface area contributed by atoms with Gasteiger partial charge in [0.15, 0.2) is 17.3 Å². The molecule has 0 N–H and O–H groups in total. The van der Waals surface area contributed by atoms with E-state index in [2.05, 4.69) is 10.3 Å². The second-order valence-corrected chi connectivity index (χ2v) is 3.69. The monoisotopic (exact) mass is 289 g/mol. The lowest BCUT2D eigenvalue weighted by atomic mass is 10.2. The summed E-state index contributed by atoms with van der Waals surface area (Å²) in [5.41, 5.74) is -0.641. The fourth-order valence-electron chi connectivity index (χ4n) is 1.43. The summed E-state index contributed by atoms with van der Waals surface area (Å²) in [6.07, 6.45) is -4.22. The Bertz CT molecular complexity index is 651. The van der Waals surface area contributed by atoms with Crippen LogP contribution in [0.3, 0.4) is 0 Å². The number of hydrogen-bond donors (Lipinski definition) is 0. The van der Waals surface area contributed by atoms with Crippen molar-refractivity contribution in [2.24, 2.45) is 0 Å². The molecule has 20 heavy (non-hydrogen) atoms. The number of ketones is 1. The van der Waals surface area contributed by atoms with E-state index in [0.29, 0.717) is 0 Å². The van der Waals surface area contributed by atoms with E-state index in [4.69, 9.17) is 4.74 Å². The number of halogens is 4. The van der Waals surface area contributed by atoms with Gasteiger partial charge in [0.2, 0.25) is 0 Å². The summed E-state index contributed by atoms with van der Waals surface area (Å²) in [6, 6.07) is 3.53. The highest BCUT2D eigenvalue weighted by atomic mass is 19.4. The molecule has 0 bridgehead atoms. The van der Waals surface area contributed by atoms with Crippen molar-refractivity contribution < 1.29 is 27.1 Å². The topological polar surface area (TPSA) is 57.0 Å². The van der Waals surface area contributed by atoms with Gasteiger partial charge >= 0.3 is 6.18 Å². The molecule has 5 nitrogen and oxygen atoms in total. The summed E-state index contributed by atoms with van der Waals surface area (Å²) in [7, 11) is 1.24. The van der Waals surface area contributed by atoms with Crippen LogP contribution in [0.4, 0.5) is 17.6 Å². The second kappa shape index (κ2) is 4.91. The van der Waals surface area contributed by atoms with Crippen molar-refractivity contribution in [3.63, 3.8) is 0 Å². The minimum absolute atomic E-state index is 0.110. The van der Waals surface area contributed by atoms with Gasteiger partial charge in [-0.05, 0) is 12.1 Å². The van der Waals surface area contributed by atoms with Gasteiger partial charge in [-0.3, -0.25) is 4.79 Å². The molecule has 0 saturated carbocycles. The highest BCUT2D eigenvalue weighted by Crippen LogP contribution is 2.22. The summed E-state index contributed by atoms with van der Waals surface area (Å²) in [4.78, 5) is 11.0. The van der Waals surface area contributed by atoms with Crippen LogP contribution in [0.15, 0.2) is 24.4 Å². The number of benzene rings is 1. The zero-order valence-corrected chi connectivity index (χ0v) is 9.98. The minimum Gasteiger partial charge on any atom is -0.494 e. The number of rotatable bonds is 3. The number of nitrogens with zero attached hydrogens (tertiary/aromatic N) is 3. The Balaban J connectivity index is 2.36. The quantitative estimate of drug-likeness (QED) is 0.642. The van der Waals surface area contributed by atoms with E-state index in [1.54, 1.807) is 0 Å². The van der Waals surface area contributed by atoms with E-state index in [0.717, 1.165) is 16.9 Å². The van der Waals surface area contributed by atoms with Crippen LogP contribution < -0.4 is 4.74 Å². The predicted octanol–water partition coefficient (Wildman–Crippen LogP) is 2.16. The summed E-state index contributed by atoms with van der Waals surface area (Å²) in [5.74, 6) is -2.84. The maximum absolute atomic E-state index is 13.2. The third-order valence-corrected chi connectivity index (χ3v) is 2.38. The molecule has 106 valence electrons. The number of carbonyl (C=O) groups is 1. The van der Waals surface area contributed by atoms with Crippen LogP contribution in [0, 0.1) is 5.82 Å². The first-order chi connectivity index (χ1) is 9.32. The van der Waals surface area contributed by atoms with Crippen LogP contribution in [0.5, 0.6) is 5.75 Å². The SMILES string of the molecule is COc1cc(-n2cc(C(=O)C(F)(F)F)nn2)ccc1F. The molecule has 0 saturated heterocycles. The van der Waals surface area contributed by atoms with Crippen molar-refractivity contribution in [3.8, 4) is 11.4 Å². The fraction of sp³-hybridized carbons (Fsp3) is 0.182. The first-order valence-corrected chi connectivity index (χ1v) is 5.20. The Labute approximate surface area is 109 Å². The van der Waals surface area contributed by atoms with E-state index in [9.17, 15) is 22.4 Å². The lowest BCUT2D eigenvalue weighted by molar-refractivity contribution is -0.0888. The zero-order chi connectivity index (χ0) is 14.9. The molecular weight excluding hydrogens is 282 g/mol. The Morgan fingerprint density at radius 3 is 2.65 bits per heavy atom. The average Bonchev–Trinajstić information content (AvgIpc) is 2.86. The molecule has 9 heteroatoms. The van der Waals surface area contributed by atoms with Crippen molar-refractivity contribution in [1.82, 2.24) is 15.0 Å². The van der Waals surface area contributed by atoms with Crippen molar-refractivity contribution in [2.45, 2.75) is 6.18 Å². The van der Waals surface area contributed by atoms with E-state index in [1.807, 2.05) is 0 Å². The molecular formula is C11H7F4N3O2. The van der Waals surface area contributed by atoms with Crippen molar-refractivity contribution in [1.29, 1.82) is 0 Å². The molecule has 2 aromatic rings. The first-order valence-electron chi connectivity index (χ1n) is 5.20. The Morgan fingerprint density at radius 1 is 1.35 bits per heavy atom. The van der Waals surface area contributed by atoms with Crippen LogP contribution in [-0.2, 0) is 0 Å². The molecule has 1 heterocycles. The molecule has 1 aromatic heterocycles. The van der Waals surface area contributed by atoms with Gasteiger partial charge in [0.1, 0.15) is 0 Å². The number of aromatic nitrogens is 3. The lowest BCUT2D eigenvalue weighted by Crippen LogP contribution is -2.23. The molecule has 0 unspecified atom stereocenters. The maximum atomic E-state index is 13.2. The normalized spacial score (nSPS) is 11.4. The van der Waals surface area contributed by atoms with E-state index < -0.39 is 23.5 Å². The lowest BCUT2D eigenvalue weighted by Gasteiger charge is -2.04. The number of ether oxygens (including phenoxy) is 1. The van der Waals surface area contributed by atoms with Crippen molar-refractivity contribution in [2.75, 3.05) is 7.11 Å². The number of methoxy groups -OCH3 is 1. The van der Waals surface area contributed by atoms with Gasteiger partial charge in [0.05, 0.1) is 19.0 Å². The van der Waals surface area contributed by atoms with Crippen molar-refractivity contribution in [3.05, 3.63) is 35.9 Å². The van der Waals surface area contributed by atoms with Gasteiger partial charge in [-0.2, -0.15) is 13.2 Å². The van der Waals surface area contributed by atoms with Gasteiger partial charge < -0.3 is 4.74 Å². The van der Waals surface area contributed by atoms with Crippen molar-refractivity contribution >= 4 is 5.78 Å². The smallest absolute Gasteiger partial charge is 0.456 e. The van der Waals surface area contributed by atoms with Gasteiger partial charge in [0.25, 0.3) is 5.78 Å². The molecule has 0 aliphatic carbocycles. The average molecular weight is 289 g/mol. The van der Waals surface area contributed by atoms with E-state index in [-0.39, 0.29) is 11.4 Å². The molecule has 0 aliphatic heterocycles. The highest BCUT2D eigenvalue weighted by molar-refractivity contribution is 5.98. The molecule has 1 aromatic carbocycles. The number of carbonyl (C=O) groups excluding carboxylic acids is 1. The largest absolute Gasteiger partial charge is 0.494 e. The van der Waals surface area contributed by atoms with Crippen LogP contribution >= 0.6 is 0 Å². The zero-order valence-electron chi connectivity index (χ0n) is 9.98. The van der Waals surface area contributed by atoms with Gasteiger partial charge in [-0.15, -0.1) is 5.10 Å².